The Bertz CT molecular complexity index is 1870. The molecule has 0 atom stereocenters. The van der Waals surface area contributed by atoms with Crippen LogP contribution in [0.25, 0.3) is 11.4 Å². The normalized spacial score (nSPS) is 10.8. The van der Waals surface area contributed by atoms with Crippen LogP contribution in [0.2, 0.25) is 0 Å². The molecule has 0 aliphatic carbocycles. The first kappa shape index (κ1) is 29.7. The molecule has 0 saturated heterocycles. The molecule has 0 aliphatic rings. The number of hydrogen-bond donors (Lipinski definition) is 4. The maximum atomic E-state index is 12.8. The van der Waals surface area contributed by atoms with Crippen LogP contribution in [0.3, 0.4) is 0 Å². The third-order valence-corrected chi connectivity index (χ3v) is 7.43. The number of nitrogens with zero attached hydrogens (tertiary/aromatic N) is 4. The van der Waals surface area contributed by atoms with Crippen LogP contribution >= 0.6 is 8.25 Å². The Hall–Kier alpha value is -6.33. The number of benzene rings is 4. The number of para-hydroxylation sites is 2. The number of carbonyl (C=O) groups is 2. The molecule has 6 rings (SSSR count). The molecule has 230 valence electrons. The van der Waals surface area contributed by atoms with Crippen molar-refractivity contribution in [3.8, 4) is 22.9 Å². The number of hydrogen-bond acceptors (Lipinski definition) is 9. The number of amides is 2. The quantitative estimate of drug-likeness (QED) is 0.140. The average Bonchev–Trinajstić information content (AvgIpc) is 3.63. The van der Waals surface area contributed by atoms with E-state index in [1.165, 1.54) is 48.5 Å². The molecule has 0 bridgehead atoms. The van der Waals surface area contributed by atoms with Crippen LogP contribution in [-0.2, 0) is 4.57 Å². The summed E-state index contributed by atoms with van der Waals surface area (Å²) in [6, 6.07) is 30.7. The number of nitrogen functional groups attached to an aromatic ring is 2. The largest absolute Gasteiger partial charge is 0.418 e. The predicted octanol–water partition coefficient (Wildman–Crippen LogP) is 5.57. The maximum absolute atomic E-state index is 12.8. The molecule has 13 nitrogen and oxygen atoms in total. The molecule has 0 fully saturated rings. The zero-order valence-electron chi connectivity index (χ0n) is 24.0. The van der Waals surface area contributed by atoms with Crippen molar-refractivity contribution in [2.24, 2.45) is 0 Å². The van der Waals surface area contributed by atoms with E-state index >= 15 is 0 Å². The van der Waals surface area contributed by atoms with Crippen LogP contribution in [-0.4, -0.2) is 31.4 Å². The molecular formula is C32H27N8O5P. The third kappa shape index (κ3) is 6.90. The first-order chi connectivity index (χ1) is 22.3. The van der Waals surface area contributed by atoms with Crippen molar-refractivity contribution in [1.29, 1.82) is 0 Å². The standard InChI is InChI=1S/C32H27N8O5P/c33-27-19-39(23-7-3-1-4-8-23)37-29(27)35-31(41)21-11-15-25(16-12-21)44-46(43)45-26-17-13-22(14-18-26)32(42)36-30-28(34)20-40(38-30)24-9-5-2-6-10-24/h1-20,46H,33-34H2,(H,35,37,41)(H,36,38,42). The van der Waals surface area contributed by atoms with E-state index in [0.29, 0.717) is 22.5 Å². The summed E-state index contributed by atoms with van der Waals surface area (Å²) in [5.74, 6) is 0.0421. The second-order valence-corrected chi connectivity index (χ2v) is 10.7. The van der Waals surface area contributed by atoms with E-state index in [9.17, 15) is 14.2 Å². The van der Waals surface area contributed by atoms with Crippen molar-refractivity contribution in [3.63, 3.8) is 0 Å². The molecule has 14 heteroatoms. The van der Waals surface area contributed by atoms with Gasteiger partial charge in [0.2, 0.25) is 0 Å². The van der Waals surface area contributed by atoms with Gasteiger partial charge in [-0.25, -0.2) is 13.9 Å². The highest BCUT2D eigenvalue weighted by molar-refractivity contribution is 7.34. The second kappa shape index (κ2) is 13.1. The highest BCUT2D eigenvalue weighted by atomic mass is 31.1. The molecule has 0 saturated carbocycles. The summed E-state index contributed by atoms with van der Waals surface area (Å²) in [6.45, 7) is 0. The molecule has 6 N–H and O–H groups in total. The summed E-state index contributed by atoms with van der Waals surface area (Å²) in [6.07, 6.45) is 3.22. The molecule has 0 unspecified atom stereocenters. The minimum absolute atomic E-state index is 0.221. The molecule has 0 aliphatic heterocycles. The van der Waals surface area contributed by atoms with Crippen LogP contribution in [0, 0.1) is 0 Å². The number of rotatable bonds is 10. The lowest BCUT2D eigenvalue weighted by Gasteiger charge is -2.09. The molecule has 2 amide bonds. The van der Waals surface area contributed by atoms with Gasteiger partial charge in [-0.3, -0.25) is 9.59 Å². The molecule has 6 aromatic rings. The third-order valence-electron chi connectivity index (χ3n) is 6.63. The van der Waals surface area contributed by atoms with Crippen molar-refractivity contribution >= 4 is 43.1 Å². The van der Waals surface area contributed by atoms with Crippen molar-refractivity contribution in [2.45, 2.75) is 0 Å². The topological polar surface area (TPSA) is 181 Å². The van der Waals surface area contributed by atoms with Gasteiger partial charge in [-0.1, -0.05) is 36.4 Å². The van der Waals surface area contributed by atoms with E-state index in [2.05, 4.69) is 20.8 Å². The summed E-state index contributed by atoms with van der Waals surface area (Å²) >= 11 is 0. The lowest BCUT2D eigenvalue weighted by Crippen LogP contribution is -2.13. The Kier molecular flexibility index (Phi) is 8.48. The minimum Gasteiger partial charge on any atom is -0.418 e. The Morgan fingerprint density at radius 2 is 0.957 bits per heavy atom. The van der Waals surface area contributed by atoms with Gasteiger partial charge >= 0.3 is 8.25 Å². The van der Waals surface area contributed by atoms with Crippen LogP contribution < -0.4 is 31.1 Å². The molecule has 2 heterocycles. The molecule has 4 aromatic carbocycles. The molecular weight excluding hydrogens is 607 g/mol. The van der Waals surface area contributed by atoms with Crippen LogP contribution in [0.1, 0.15) is 20.7 Å². The van der Waals surface area contributed by atoms with E-state index < -0.39 is 20.1 Å². The Labute approximate surface area is 263 Å². The highest BCUT2D eigenvalue weighted by Gasteiger charge is 2.15. The van der Waals surface area contributed by atoms with Gasteiger partial charge in [0.25, 0.3) is 11.8 Å². The van der Waals surface area contributed by atoms with Gasteiger partial charge in [-0.15, -0.1) is 10.2 Å². The van der Waals surface area contributed by atoms with Gasteiger partial charge in [0.1, 0.15) is 11.5 Å². The predicted molar refractivity (Wildman–Crippen MR) is 175 cm³/mol. The van der Waals surface area contributed by atoms with Crippen molar-refractivity contribution < 1.29 is 23.2 Å². The zero-order valence-corrected chi connectivity index (χ0v) is 25.0. The van der Waals surface area contributed by atoms with Crippen molar-refractivity contribution in [2.75, 3.05) is 22.1 Å². The fourth-order valence-corrected chi connectivity index (χ4v) is 5.01. The molecule has 2 aromatic heterocycles. The van der Waals surface area contributed by atoms with E-state index in [-0.39, 0.29) is 23.1 Å². The van der Waals surface area contributed by atoms with Gasteiger partial charge in [0, 0.05) is 11.1 Å². The summed E-state index contributed by atoms with van der Waals surface area (Å²) in [5, 5.41) is 14.1. The fourth-order valence-electron chi connectivity index (χ4n) is 4.32. The average molecular weight is 635 g/mol. The second-order valence-electron chi connectivity index (χ2n) is 9.84. The molecule has 0 radical (unpaired) electrons. The summed E-state index contributed by atoms with van der Waals surface area (Å²) < 4.78 is 26.5. The van der Waals surface area contributed by atoms with E-state index in [0.717, 1.165) is 11.4 Å². The monoisotopic (exact) mass is 634 g/mol. The number of anilines is 4. The van der Waals surface area contributed by atoms with E-state index in [1.54, 1.807) is 21.8 Å². The Morgan fingerprint density at radius 1 is 0.587 bits per heavy atom. The Morgan fingerprint density at radius 3 is 1.33 bits per heavy atom. The lowest BCUT2D eigenvalue weighted by atomic mass is 10.2. The summed E-state index contributed by atoms with van der Waals surface area (Å²) in [4.78, 5) is 25.5. The van der Waals surface area contributed by atoms with E-state index in [1.807, 2.05) is 60.7 Å². The molecule has 0 spiro atoms. The first-order valence-electron chi connectivity index (χ1n) is 13.9. The minimum atomic E-state index is -3.02. The van der Waals surface area contributed by atoms with Crippen LogP contribution in [0.4, 0.5) is 23.0 Å². The van der Waals surface area contributed by atoms with Crippen molar-refractivity contribution in [1.82, 2.24) is 19.6 Å². The highest BCUT2D eigenvalue weighted by Crippen LogP contribution is 2.31. The van der Waals surface area contributed by atoms with Gasteiger partial charge in [0.15, 0.2) is 11.6 Å². The Balaban J connectivity index is 1.01. The molecule has 46 heavy (non-hydrogen) atoms. The van der Waals surface area contributed by atoms with Crippen molar-refractivity contribution in [3.05, 3.63) is 133 Å². The van der Waals surface area contributed by atoms with E-state index in [4.69, 9.17) is 20.5 Å². The summed E-state index contributed by atoms with van der Waals surface area (Å²) in [5.41, 5.74) is 14.9. The number of aromatic nitrogens is 4. The van der Waals surface area contributed by atoms with Gasteiger partial charge in [0.05, 0.1) is 35.1 Å². The first-order valence-corrected chi connectivity index (χ1v) is 15.1. The van der Waals surface area contributed by atoms with Crippen LogP contribution in [0.5, 0.6) is 11.5 Å². The fraction of sp³-hybridized carbons (Fsp3) is 0. The SMILES string of the molecule is Nc1cn(-c2ccccc2)nc1NC(=O)c1ccc(O[PH](=O)Oc2ccc(C(=O)Nc3nn(-c4ccccc4)cc3N)cc2)cc1. The summed E-state index contributed by atoms with van der Waals surface area (Å²) in [7, 11) is -3.02. The smallest absolute Gasteiger partial charge is 0.418 e. The van der Waals surface area contributed by atoms with Gasteiger partial charge in [-0.05, 0) is 72.8 Å². The zero-order chi connectivity index (χ0) is 32.0. The number of nitrogens with two attached hydrogens (primary N) is 2. The number of carbonyl (C=O) groups excluding carboxylic acids is 2. The van der Waals surface area contributed by atoms with Crippen LogP contribution in [0.15, 0.2) is 122 Å². The van der Waals surface area contributed by atoms with Gasteiger partial charge < -0.3 is 31.1 Å². The maximum Gasteiger partial charge on any atom is 0.418 e. The van der Waals surface area contributed by atoms with Gasteiger partial charge in [-0.2, -0.15) is 0 Å². The lowest BCUT2D eigenvalue weighted by molar-refractivity contribution is 0.101. The number of nitrogens with one attached hydrogen (secondary N) is 2.